The van der Waals surface area contributed by atoms with E-state index in [1.807, 2.05) is 12.1 Å². The zero-order valence-corrected chi connectivity index (χ0v) is 12.1. The van der Waals surface area contributed by atoms with E-state index >= 15 is 0 Å². The molecule has 1 rings (SSSR count). The number of hydrazine groups is 1. The molecule has 17 heavy (non-hydrogen) atoms. The quantitative estimate of drug-likeness (QED) is 0.614. The van der Waals surface area contributed by atoms with Crippen molar-refractivity contribution in [1.29, 1.82) is 0 Å². The van der Waals surface area contributed by atoms with Gasteiger partial charge < -0.3 is 0 Å². The number of nitrogens with one attached hydrogen (secondary N) is 1. The second kappa shape index (κ2) is 5.90. The number of pyridine rings is 1. The molecule has 0 amide bonds. The van der Waals surface area contributed by atoms with Gasteiger partial charge >= 0.3 is 0 Å². The highest BCUT2D eigenvalue weighted by Gasteiger charge is 2.25. The molecule has 1 heterocycles. The lowest BCUT2D eigenvalue weighted by molar-refractivity contribution is 0.490. The van der Waals surface area contributed by atoms with Crippen molar-refractivity contribution in [1.82, 2.24) is 10.4 Å². The minimum absolute atomic E-state index is 0.348. The molecule has 96 valence electrons. The lowest BCUT2D eigenvalue weighted by atomic mass is 10.1. The van der Waals surface area contributed by atoms with Gasteiger partial charge in [0.25, 0.3) is 0 Å². The van der Waals surface area contributed by atoms with Crippen LogP contribution in [-0.2, 0) is 16.3 Å². The van der Waals surface area contributed by atoms with Gasteiger partial charge in [0.15, 0.2) is 9.84 Å². The Balaban J connectivity index is 2.80. The van der Waals surface area contributed by atoms with Crippen LogP contribution in [0.25, 0.3) is 0 Å². The average molecular weight is 322 g/mol. The molecule has 0 fully saturated rings. The van der Waals surface area contributed by atoms with Gasteiger partial charge in [0.2, 0.25) is 0 Å². The van der Waals surface area contributed by atoms with E-state index in [-0.39, 0.29) is 6.04 Å². The summed E-state index contributed by atoms with van der Waals surface area (Å²) >= 11 is 3.29. The maximum atomic E-state index is 11.5. The minimum atomic E-state index is -3.12. The molecule has 0 saturated carbocycles. The normalized spacial score (nSPS) is 15.5. The van der Waals surface area contributed by atoms with Gasteiger partial charge in [-0.2, -0.15) is 0 Å². The Bertz CT molecular complexity index is 461. The summed E-state index contributed by atoms with van der Waals surface area (Å²) in [5.74, 6) is 5.40. The van der Waals surface area contributed by atoms with Gasteiger partial charge in [0.1, 0.15) is 0 Å². The molecule has 1 aromatic heterocycles. The monoisotopic (exact) mass is 321 g/mol. The van der Waals surface area contributed by atoms with Crippen LogP contribution in [0.1, 0.15) is 12.6 Å². The van der Waals surface area contributed by atoms with Gasteiger partial charge in [-0.15, -0.1) is 0 Å². The molecule has 1 aromatic rings. The van der Waals surface area contributed by atoms with Gasteiger partial charge in [0.05, 0.1) is 5.25 Å². The van der Waals surface area contributed by atoms with E-state index in [0.29, 0.717) is 6.42 Å². The number of hydrogen-bond acceptors (Lipinski definition) is 5. The Morgan fingerprint density at radius 3 is 2.59 bits per heavy atom. The Morgan fingerprint density at radius 2 is 2.18 bits per heavy atom. The Kier molecular flexibility index (Phi) is 5.05. The Labute approximate surface area is 110 Å². The predicted octanol–water partition coefficient (Wildman–Crippen LogP) is 0.652. The van der Waals surface area contributed by atoms with Crippen LogP contribution in [0.15, 0.2) is 22.8 Å². The van der Waals surface area contributed by atoms with Crippen LogP contribution in [-0.4, -0.2) is 30.9 Å². The summed E-state index contributed by atoms with van der Waals surface area (Å²) in [7, 11) is -3.12. The van der Waals surface area contributed by atoms with Crippen LogP contribution in [0, 0.1) is 0 Å². The summed E-state index contributed by atoms with van der Waals surface area (Å²) in [4.78, 5) is 4.19. The molecule has 0 radical (unpaired) electrons. The number of halogens is 1. The molecule has 2 unspecified atom stereocenters. The van der Waals surface area contributed by atoms with E-state index in [1.165, 1.54) is 6.26 Å². The fraction of sp³-hybridized carbons (Fsp3) is 0.500. The lowest BCUT2D eigenvalue weighted by Crippen LogP contribution is -2.47. The fourth-order valence-corrected chi connectivity index (χ4v) is 2.42. The molecule has 3 N–H and O–H groups in total. The summed E-state index contributed by atoms with van der Waals surface area (Å²) in [6.07, 6.45) is 3.35. The second-order valence-corrected chi connectivity index (χ2v) is 7.30. The zero-order valence-electron chi connectivity index (χ0n) is 9.72. The summed E-state index contributed by atoms with van der Waals surface area (Å²) in [5.41, 5.74) is 3.34. The van der Waals surface area contributed by atoms with Crippen molar-refractivity contribution < 1.29 is 8.42 Å². The van der Waals surface area contributed by atoms with Gasteiger partial charge in [-0.05, 0) is 35.0 Å². The third kappa shape index (κ3) is 4.34. The van der Waals surface area contributed by atoms with E-state index in [0.717, 1.165) is 10.2 Å². The lowest BCUT2D eigenvalue weighted by Gasteiger charge is -2.21. The summed E-state index contributed by atoms with van der Waals surface area (Å²) in [6.45, 7) is 1.64. The van der Waals surface area contributed by atoms with Crippen LogP contribution in [0.2, 0.25) is 0 Å². The number of aromatic nitrogens is 1. The first-order valence-corrected chi connectivity index (χ1v) is 7.84. The molecular weight excluding hydrogens is 306 g/mol. The zero-order chi connectivity index (χ0) is 13.1. The smallest absolute Gasteiger partial charge is 0.151 e. The average Bonchev–Trinajstić information content (AvgIpc) is 2.26. The fourth-order valence-electron chi connectivity index (χ4n) is 1.41. The van der Waals surface area contributed by atoms with Crippen molar-refractivity contribution in [3.05, 3.63) is 28.5 Å². The van der Waals surface area contributed by atoms with Crippen LogP contribution in [0.4, 0.5) is 0 Å². The predicted molar refractivity (Wildman–Crippen MR) is 71.1 cm³/mol. The highest BCUT2D eigenvalue weighted by Crippen LogP contribution is 2.12. The van der Waals surface area contributed by atoms with E-state index in [1.54, 1.807) is 13.1 Å². The molecule has 0 aliphatic heterocycles. The largest absolute Gasteiger partial charge is 0.271 e. The van der Waals surface area contributed by atoms with E-state index < -0.39 is 15.1 Å². The molecule has 0 spiro atoms. The van der Waals surface area contributed by atoms with Gasteiger partial charge in [-0.25, -0.2) is 8.42 Å². The van der Waals surface area contributed by atoms with Crippen molar-refractivity contribution in [2.45, 2.75) is 24.6 Å². The summed E-state index contributed by atoms with van der Waals surface area (Å²) < 4.78 is 23.8. The molecule has 0 aromatic carbocycles. The number of hydrogen-bond donors (Lipinski definition) is 2. The maximum Gasteiger partial charge on any atom is 0.151 e. The number of nitrogens with two attached hydrogens (primary N) is 1. The highest BCUT2D eigenvalue weighted by atomic mass is 79.9. The molecule has 7 heteroatoms. The van der Waals surface area contributed by atoms with Crippen LogP contribution in [0.5, 0.6) is 0 Å². The van der Waals surface area contributed by atoms with E-state index in [4.69, 9.17) is 5.84 Å². The Morgan fingerprint density at radius 1 is 1.53 bits per heavy atom. The van der Waals surface area contributed by atoms with Crippen molar-refractivity contribution in [2.24, 2.45) is 5.84 Å². The number of sulfone groups is 1. The molecule has 0 saturated heterocycles. The van der Waals surface area contributed by atoms with Crippen molar-refractivity contribution >= 4 is 25.8 Å². The number of rotatable bonds is 5. The Hall–Kier alpha value is -0.500. The van der Waals surface area contributed by atoms with Gasteiger partial charge in [0, 0.05) is 35.1 Å². The van der Waals surface area contributed by atoms with Crippen molar-refractivity contribution in [3.63, 3.8) is 0 Å². The first kappa shape index (κ1) is 14.6. The highest BCUT2D eigenvalue weighted by molar-refractivity contribution is 9.10. The van der Waals surface area contributed by atoms with Gasteiger partial charge in [-0.1, -0.05) is 0 Å². The van der Waals surface area contributed by atoms with E-state index in [2.05, 4.69) is 26.3 Å². The maximum absolute atomic E-state index is 11.5. The molecule has 0 aliphatic rings. The summed E-state index contributed by atoms with van der Waals surface area (Å²) in [6, 6.07) is 3.35. The van der Waals surface area contributed by atoms with Crippen LogP contribution >= 0.6 is 15.9 Å². The molecule has 0 aliphatic carbocycles. The van der Waals surface area contributed by atoms with E-state index in [9.17, 15) is 8.42 Å². The minimum Gasteiger partial charge on any atom is -0.271 e. The topological polar surface area (TPSA) is 85.1 Å². The number of nitrogens with zero attached hydrogens (tertiary/aromatic N) is 1. The summed E-state index contributed by atoms with van der Waals surface area (Å²) in [5, 5.41) is -0.557. The standard InChI is InChI=1S/C10H16BrN3O2S/c1-7(17(2,15)16)10(14-12)5-9-4-3-8(11)6-13-9/h3-4,6-7,10,14H,5,12H2,1-2H3. The third-order valence-corrected chi connectivity index (χ3v) is 4.82. The molecule has 2 atom stereocenters. The molecular formula is C10H16BrN3O2S. The molecule has 0 bridgehead atoms. The van der Waals surface area contributed by atoms with Crippen molar-refractivity contribution in [3.8, 4) is 0 Å². The molecule has 5 nitrogen and oxygen atoms in total. The third-order valence-electron chi connectivity index (χ3n) is 2.67. The van der Waals surface area contributed by atoms with Gasteiger partial charge in [-0.3, -0.25) is 16.3 Å². The van der Waals surface area contributed by atoms with Crippen LogP contribution < -0.4 is 11.3 Å². The van der Waals surface area contributed by atoms with Crippen molar-refractivity contribution in [2.75, 3.05) is 6.26 Å². The second-order valence-electron chi connectivity index (χ2n) is 3.98. The first-order valence-electron chi connectivity index (χ1n) is 5.10. The first-order chi connectivity index (χ1) is 7.84. The van der Waals surface area contributed by atoms with Crippen LogP contribution in [0.3, 0.4) is 0 Å². The SMILES string of the molecule is CC(C(Cc1ccc(Br)cn1)NN)S(C)(=O)=O.